The number of thioether (sulfide) groups is 1. The maximum Gasteiger partial charge on any atom is 0.243 e. The van der Waals surface area contributed by atoms with Crippen LogP contribution >= 0.6 is 23.4 Å². The Balaban J connectivity index is 1.17. The molecule has 1 atom stereocenters. The van der Waals surface area contributed by atoms with Crippen molar-refractivity contribution in [2.45, 2.75) is 34.7 Å². The van der Waals surface area contributed by atoms with Gasteiger partial charge < -0.3 is 14.5 Å². The van der Waals surface area contributed by atoms with Gasteiger partial charge in [0, 0.05) is 24.3 Å². The number of ether oxygens (including phenoxy) is 1. The molecule has 194 valence electrons. The molecule has 3 saturated heterocycles. The minimum atomic E-state index is -3.88. The molecule has 3 aliphatic heterocycles. The minimum absolute atomic E-state index is 0.112. The number of anilines is 1. The molecule has 3 aliphatic rings. The predicted octanol–water partition coefficient (Wildman–Crippen LogP) is 3.23. The molecule has 0 aliphatic carbocycles. The van der Waals surface area contributed by atoms with Crippen molar-refractivity contribution < 1.29 is 17.9 Å². The summed E-state index contributed by atoms with van der Waals surface area (Å²) in [7, 11) is -3.88. The van der Waals surface area contributed by atoms with Gasteiger partial charge in [-0.25, -0.2) is 18.4 Å². The number of carbonyl (C=O) groups is 1. The van der Waals surface area contributed by atoms with Crippen molar-refractivity contribution in [3.05, 3.63) is 53.7 Å². The van der Waals surface area contributed by atoms with E-state index in [1.165, 1.54) is 16.1 Å². The molecule has 9 nitrogen and oxygen atoms in total. The lowest BCUT2D eigenvalue weighted by Crippen LogP contribution is -2.55. The van der Waals surface area contributed by atoms with Gasteiger partial charge in [-0.1, -0.05) is 35.5 Å². The zero-order valence-corrected chi connectivity index (χ0v) is 22.6. The first kappa shape index (κ1) is 24.9. The number of benzene rings is 2. The van der Waals surface area contributed by atoms with Crippen molar-refractivity contribution in [1.29, 1.82) is 0 Å². The van der Waals surface area contributed by atoms with E-state index in [0.717, 1.165) is 47.7 Å². The number of hydrogen-bond donors (Lipinski definition) is 0. The van der Waals surface area contributed by atoms with Crippen molar-refractivity contribution in [3.8, 4) is 0 Å². The van der Waals surface area contributed by atoms with Crippen LogP contribution in [0.4, 0.5) is 5.82 Å². The summed E-state index contributed by atoms with van der Waals surface area (Å²) in [6.45, 7) is 1.88. The molecular weight excluding hydrogens is 534 g/mol. The fourth-order valence-corrected chi connectivity index (χ4v) is 7.33. The first-order valence-corrected chi connectivity index (χ1v) is 15.1. The Kier molecular flexibility index (Phi) is 6.31. The van der Waals surface area contributed by atoms with E-state index >= 15 is 0 Å². The SMILES string of the molecule is CSc1nccc(N2CCC3(CC2)CN2C(=O)CN(S(=O)(=O)c4ccc5cc(Cl)ccc5c4)CC2O3)n1. The summed E-state index contributed by atoms with van der Waals surface area (Å²) in [5, 5.41) is 2.94. The van der Waals surface area contributed by atoms with Gasteiger partial charge in [0.2, 0.25) is 15.9 Å². The molecule has 4 heterocycles. The third kappa shape index (κ3) is 4.57. The summed E-state index contributed by atoms with van der Waals surface area (Å²) in [5.74, 6) is 0.656. The molecule has 0 N–H and O–H groups in total. The average Bonchev–Trinajstić information content (AvgIpc) is 3.27. The van der Waals surface area contributed by atoms with Crippen LogP contribution in [0, 0.1) is 0 Å². The summed E-state index contributed by atoms with van der Waals surface area (Å²) >= 11 is 7.56. The van der Waals surface area contributed by atoms with E-state index in [-0.39, 0.29) is 23.9 Å². The van der Waals surface area contributed by atoms with Gasteiger partial charge in [0.05, 0.1) is 30.1 Å². The Morgan fingerprint density at radius 2 is 1.86 bits per heavy atom. The highest BCUT2D eigenvalue weighted by Gasteiger charge is 2.52. The Labute approximate surface area is 224 Å². The number of piperidine rings is 1. The first-order chi connectivity index (χ1) is 17.8. The second-order valence-electron chi connectivity index (χ2n) is 9.62. The van der Waals surface area contributed by atoms with Crippen molar-refractivity contribution in [3.63, 3.8) is 0 Å². The molecule has 1 unspecified atom stereocenters. The number of hydrogen-bond acceptors (Lipinski definition) is 8. The smallest absolute Gasteiger partial charge is 0.243 e. The van der Waals surface area contributed by atoms with Gasteiger partial charge in [0.25, 0.3) is 0 Å². The normalized spacial score (nSPS) is 22.1. The van der Waals surface area contributed by atoms with Gasteiger partial charge in [-0.2, -0.15) is 4.31 Å². The first-order valence-electron chi connectivity index (χ1n) is 12.1. The molecule has 37 heavy (non-hydrogen) atoms. The lowest BCUT2D eigenvalue weighted by atomic mass is 9.91. The summed E-state index contributed by atoms with van der Waals surface area (Å²) < 4.78 is 34.7. The van der Waals surface area contributed by atoms with Gasteiger partial charge in [-0.15, -0.1) is 0 Å². The lowest BCUT2D eigenvalue weighted by Gasteiger charge is -2.38. The molecule has 0 bridgehead atoms. The quantitative estimate of drug-likeness (QED) is 0.355. The number of carbonyl (C=O) groups excluding carboxylic acids is 1. The number of fused-ring (bicyclic) bond motifs is 2. The van der Waals surface area contributed by atoms with Crippen LogP contribution in [-0.2, 0) is 19.6 Å². The highest BCUT2D eigenvalue weighted by atomic mass is 35.5. The maximum absolute atomic E-state index is 13.5. The molecule has 1 aromatic heterocycles. The summed E-state index contributed by atoms with van der Waals surface area (Å²) in [5.41, 5.74) is -0.478. The average molecular weight is 560 g/mol. The molecule has 2 aromatic carbocycles. The molecule has 6 rings (SSSR count). The van der Waals surface area contributed by atoms with Crippen LogP contribution in [0.15, 0.2) is 58.7 Å². The Bertz CT molecular complexity index is 1480. The van der Waals surface area contributed by atoms with Gasteiger partial charge >= 0.3 is 0 Å². The molecule has 1 spiro atoms. The number of halogens is 1. The lowest BCUT2D eigenvalue weighted by molar-refractivity contribution is -0.144. The van der Waals surface area contributed by atoms with E-state index in [9.17, 15) is 13.2 Å². The summed E-state index contributed by atoms with van der Waals surface area (Å²) in [4.78, 5) is 26.0. The fraction of sp³-hybridized carbons (Fsp3) is 0.400. The molecule has 0 radical (unpaired) electrons. The Morgan fingerprint density at radius 3 is 2.65 bits per heavy atom. The highest BCUT2D eigenvalue weighted by Crippen LogP contribution is 2.39. The zero-order chi connectivity index (χ0) is 25.8. The maximum atomic E-state index is 13.5. The molecule has 0 saturated carbocycles. The largest absolute Gasteiger partial charge is 0.356 e. The number of sulfonamides is 1. The molecule has 3 fully saturated rings. The number of piperazine rings is 1. The Morgan fingerprint density at radius 1 is 1.11 bits per heavy atom. The van der Waals surface area contributed by atoms with E-state index in [0.29, 0.717) is 11.6 Å². The van der Waals surface area contributed by atoms with Gasteiger partial charge in [-0.3, -0.25) is 4.79 Å². The van der Waals surface area contributed by atoms with Crippen molar-refractivity contribution in [1.82, 2.24) is 19.2 Å². The molecule has 1 amide bonds. The van der Waals surface area contributed by atoms with Crippen molar-refractivity contribution in [2.75, 3.05) is 43.9 Å². The third-order valence-electron chi connectivity index (χ3n) is 7.40. The van der Waals surface area contributed by atoms with E-state index in [1.807, 2.05) is 12.3 Å². The van der Waals surface area contributed by atoms with E-state index in [2.05, 4.69) is 14.9 Å². The van der Waals surface area contributed by atoms with Crippen LogP contribution < -0.4 is 4.90 Å². The fourth-order valence-electron chi connectivity index (χ4n) is 5.38. The summed E-state index contributed by atoms with van der Waals surface area (Å²) in [6.07, 6.45) is 4.58. The van der Waals surface area contributed by atoms with Gasteiger partial charge in [0.1, 0.15) is 12.0 Å². The molecule has 3 aromatic rings. The van der Waals surface area contributed by atoms with Crippen LogP contribution in [0.5, 0.6) is 0 Å². The van der Waals surface area contributed by atoms with Crippen LogP contribution in [0.2, 0.25) is 5.02 Å². The highest BCUT2D eigenvalue weighted by molar-refractivity contribution is 7.98. The van der Waals surface area contributed by atoms with E-state index in [1.54, 1.807) is 47.5 Å². The number of amides is 1. The minimum Gasteiger partial charge on any atom is -0.356 e. The van der Waals surface area contributed by atoms with Crippen LogP contribution in [0.1, 0.15) is 12.8 Å². The van der Waals surface area contributed by atoms with Crippen LogP contribution in [0.3, 0.4) is 0 Å². The molecule has 12 heteroatoms. The van der Waals surface area contributed by atoms with Crippen LogP contribution in [-0.4, -0.2) is 84.3 Å². The van der Waals surface area contributed by atoms with E-state index < -0.39 is 21.9 Å². The standard InChI is InChI=1S/C25H26ClN5O4S2/c1-36-24-27-9-6-21(28-24)29-10-7-25(8-11-29)16-31-22(32)14-30(15-23(31)35-25)37(33,34)20-5-3-17-12-19(26)4-2-18(17)13-20/h2-6,9,12-13,23H,7-8,10-11,14-16H2,1H3. The van der Waals surface area contributed by atoms with E-state index in [4.69, 9.17) is 16.3 Å². The second-order valence-corrected chi connectivity index (χ2v) is 12.8. The number of rotatable bonds is 4. The Hall–Kier alpha value is -2.44. The number of aromatic nitrogens is 2. The summed E-state index contributed by atoms with van der Waals surface area (Å²) in [6, 6.07) is 12.1. The van der Waals surface area contributed by atoms with Crippen LogP contribution in [0.25, 0.3) is 10.8 Å². The zero-order valence-electron chi connectivity index (χ0n) is 20.2. The topological polar surface area (TPSA) is 95.9 Å². The molecular formula is C25H26ClN5O4S2. The second kappa shape index (κ2) is 9.39. The predicted molar refractivity (Wildman–Crippen MR) is 142 cm³/mol. The van der Waals surface area contributed by atoms with Gasteiger partial charge in [0.15, 0.2) is 5.16 Å². The van der Waals surface area contributed by atoms with Gasteiger partial charge in [-0.05, 0) is 60.2 Å². The van der Waals surface area contributed by atoms with Crippen molar-refractivity contribution >= 4 is 55.9 Å². The third-order valence-corrected chi connectivity index (χ3v) is 10.0. The monoisotopic (exact) mass is 559 g/mol. The van der Waals surface area contributed by atoms with Crippen molar-refractivity contribution in [2.24, 2.45) is 0 Å². The number of nitrogens with zero attached hydrogens (tertiary/aromatic N) is 5.